The standard InChI is InChI=1S/C16H17NO4S/c1-12-5-2-3-7-15(12)16(18)17-9-14(10-17)22(19,20)11-13-6-4-8-21-13/h2-8,14H,9-11H2,1H3. The summed E-state index contributed by atoms with van der Waals surface area (Å²) < 4.78 is 29.6. The van der Waals surface area contributed by atoms with Gasteiger partial charge in [0.05, 0.1) is 11.5 Å². The summed E-state index contributed by atoms with van der Waals surface area (Å²) in [6, 6.07) is 10.6. The second kappa shape index (κ2) is 5.61. The number of carbonyl (C=O) groups is 1. The number of rotatable bonds is 4. The summed E-state index contributed by atoms with van der Waals surface area (Å²) in [5, 5.41) is -0.509. The van der Waals surface area contributed by atoms with E-state index in [1.54, 1.807) is 23.1 Å². The molecule has 0 radical (unpaired) electrons. The first-order chi connectivity index (χ1) is 10.5. The first-order valence-electron chi connectivity index (χ1n) is 7.06. The molecule has 0 spiro atoms. The Balaban J connectivity index is 1.64. The minimum absolute atomic E-state index is 0.109. The monoisotopic (exact) mass is 319 g/mol. The van der Waals surface area contributed by atoms with Crippen molar-refractivity contribution in [2.45, 2.75) is 17.9 Å². The lowest BCUT2D eigenvalue weighted by atomic mass is 10.1. The molecule has 2 aromatic rings. The van der Waals surface area contributed by atoms with Crippen molar-refractivity contribution in [2.75, 3.05) is 13.1 Å². The van der Waals surface area contributed by atoms with Crippen LogP contribution in [-0.4, -0.2) is 37.6 Å². The van der Waals surface area contributed by atoms with Gasteiger partial charge in [0.1, 0.15) is 11.5 Å². The normalized spacial score (nSPS) is 15.6. The van der Waals surface area contributed by atoms with Crippen molar-refractivity contribution >= 4 is 15.7 Å². The molecule has 1 aromatic carbocycles. The Morgan fingerprint density at radius 3 is 2.59 bits per heavy atom. The minimum Gasteiger partial charge on any atom is -0.468 e. The first-order valence-corrected chi connectivity index (χ1v) is 8.78. The van der Waals surface area contributed by atoms with Gasteiger partial charge < -0.3 is 9.32 Å². The molecule has 1 saturated heterocycles. The van der Waals surface area contributed by atoms with Crippen molar-refractivity contribution in [3.05, 3.63) is 59.5 Å². The van der Waals surface area contributed by atoms with Crippen LogP contribution in [0.2, 0.25) is 0 Å². The van der Waals surface area contributed by atoms with Crippen molar-refractivity contribution in [3.63, 3.8) is 0 Å². The second-order valence-electron chi connectivity index (χ2n) is 5.53. The number of hydrogen-bond acceptors (Lipinski definition) is 4. The summed E-state index contributed by atoms with van der Waals surface area (Å²) in [5.41, 5.74) is 1.53. The maximum Gasteiger partial charge on any atom is 0.254 e. The van der Waals surface area contributed by atoms with Crippen molar-refractivity contribution in [3.8, 4) is 0 Å². The van der Waals surface area contributed by atoms with Gasteiger partial charge in [-0.3, -0.25) is 4.79 Å². The molecule has 22 heavy (non-hydrogen) atoms. The van der Waals surface area contributed by atoms with E-state index in [1.807, 2.05) is 25.1 Å². The molecule has 1 amide bonds. The summed E-state index contributed by atoms with van der Waals surface area (Å²) in [7, 11) is -3.29. The van der Waals surface area contributed by atoms with Crippen LogP contribution in [0.25, 0.3) is 0 Å². The Morgan fingerprint density at radius 1 is 1.23 bits per heavy atom. The zero-order valence-electron chi connectivity index (χ0n) is 12.2. The topological polar surface area (TPSA) is 67.6 Å². The van der Waals surface area contributed by atoms with Gasteiger partial charge in [0.2, 0.25) is 0 Å². The van der Waals surface area contributed by atoms with E-state index in [2.05, 4.69) is 0 Å². The van der Waals surface area contributed by atoms with Crippen LogP contribution < -0.4 is 0 Å². The van der Waals surface area contributed by atoms with Crippen molar-refractivity contribution in [2.24, 2.45) is 0 Å². The van der Waals surface area contributed by atoms with E-state index in [-0.39, 0.29) is 24.7 Å². The highest BCUT2D eigenvalue weighted by atomic mass is 32.2. The number of sulfone groups is 1. The van der Waals surface area contributed by atoms with E-state index in [9.17, 15) is 13.2 Å². The van der Waals surface area contributed by atoms with Gasteiger partial charge >= 0.3 is 0 Å². The maximum atomic E-state index is 12.3. The van der Waals surface area contributed by atoms with Crippen LogP contribution in [0.1, 0.15) is 21.7 Å². The third-order valence-corrected chi connectivity index (χ3v) is 5.94. The summed E-state index contributed by atoms with van der Waals surface area (Å²) in [4.78, 5) is 13.9. The number of benzene rings is 1. The number of aryl methyl sites for hydroxylation is 1. The zero-order valence-corrected chi connectivity index (χ0v) is 13.0. The summed E-state index contributed by atoms with van der Waals surface area (Å²) in [6.45, 7) is 2.37. The van der Waals surface area contributed by atoms with Crippen LogP contribution in [0.15, 0.2) is 47.1 Å². The van der Waals surface area contributed by atoms with Gasteiger partial charge in [0, 0.05) is 18.7 Å². The zero-order chi connectivity index (χ0) is 15.7. The van der Waals surface area contributed by atoms with E-state index < -0.39 is 15.1 Å². The number of carbonyl (C=O) groups excluding carboxylic acids is 1. The number of furan rings is 1. The Kier molecular flexibility index (Phi) is 3.78. The molecule has 0 N–H and O–H groups in total. The average molecular weight is 319 g/mol. The average Bonchev–Trinajstić information content (AvgIpc) is 2.89. The molecule has 1 fully saturated rings. The Morgan fingerprint density at radius 2 is 1.95 bits per heavy atom. The minimum atomic E-state index is -3.29. The van der Waals surface area contributed by atoms with Crippen LogP contribution in [0.4, 0.5) is 0 Å². The SMILES string of the molecule is Cc1ccccc1C(=O)N1CC(S(=O)(=O)Cc2ccco2)C1. The van der Waals surface area contributed by atoms with Crippen molar-refractivity contribution in [1.29, 1.82) is 0 Å². The highest BCUT2D eigenvalue weighted by Gasteiger charge is 2.40. The lowest BCUT2D eigenvalue weighted by Gasteiger charge is -2.38. The van der Waals surface area contributed by atoms with Crippen molar-refractivity contribution in [1.82, 2.24) is 4.90 Å². The third-order valence-electron chi connectivity index (χ3n) is 3.94. The number of likely N-dealkylation sites (tertiary alicyclic amines) is 1. The highest BCUT2D eigenvalue weighted by Crippen LogP contribution is 2.23. The van der Waals surface area contributed by atoms with Crippen LogP contribution in [-0.2, 0) is 15.6 Å². The molecule has 2 heterocycles. The lowest BCUT2D eigenvalue weighted by molar-refractivity contribution is 0.0658. The molecule has 1 aliphatic rings. The molecular weight excluding hydrogens is 302 g/mol. The summed E-state index contributed by atoms with van der Waals surface area (Å²) in [6.07, 6.45) is 1.46. The van der Waals surface area contributed by atoms with Gasteiger partial charge in [0.25, 0.3) is 5.91 Å². The fourth-order valence-electron chi connectivity index (χ4n) is 2.53. The Labute approximate surface area is 129 Å². The summed E-state index contributed by atoms with van der Waals surface area (Å²) in [5.74, 6) is 0.211. The number of nitrogens with zero attached hydrogens (tertiary/aromatic N) is 1. The van der Waals surface area contributed by atoms with E-state index in [4.69, 9.17) is 4.42 Å². The predicted molar refractivity (Wildman–Crippen MR) is 82.2 cm³/mol. The number of amides is 1. The molecule has 1 aliphatic heterocycles. The predicted octanol–water partition coefficient (Wildman–Crippen LogP) is 2.03. The van der Waals surface area contributed by atoms with Crippen LogP contribution in [0.3, 0.4) is 0 Å². The fraction of sp³-hybridized carbons (Fsp3) is 0.312. The van der Waals surface area contributed by atoms with Gasteiger partial charge in [-0.15, -0.1) is 0 Å². The molecule has 1 aromatic heterocycles. The fourth-order valence-corrected chi connectivity index (χ4v) is 4.14. The quantitative estimate of drug-likeness (QED) is 0.865. The van der Waals surface area contributed by atoms with Gasteiger partial charge in [-0.25, -0.2) is 8.42 Å². The molecule has 0 atom stereocenters. The Hall–Kier alpha value is -2.08. The third kappa shape index (κ3) is 2.78. The molecular formula is C16H17NO4S. The largest absolute Gasteiger partial charge is 0.468 e. The first kappa shape index (κ1) is 14.8. The molecule has 0 bridgehead atoms. The summed E-state index contributed by atoms with van der Waals surface area (Å²) >= 11 is 0. The van der Waals surface area contributed by atoms with Crippen LogP contribution in [0.5, 0.6) is 0 Å². The molecule has 5 nitrogen and oxygen atoms in total. The van der Waals surface area contributed by atoms with Gasteiger partial charge in [0.15, 0.2) is 9.84 Å². The second-order valence-corrected chi connectivity index (χ2v) is 7.81. The smallest absolute Gasteiger partial charge is 0.254 e. The highest BCUT2D eigenvalue weighted by molar-refractivity contribution is 7.91. The van der Waals surface area contributed by atoms with E-state index in [0.29, 0.717) is 11.3 Å². The van der Waals surface area contributed by atoms with E-state index >= 15 is 0 Å². The Bertz CT molecular complexity index is 774. The van der Waals surface area contributed by atoms with Crippen LogP contribution >= 0.6 is 0 Å². The lowest BCUT2D eigenvalue weighted by Crippen LogP contribution is -2.57. The van der Waals surface area contributed by atoms with Gasteiger partial charge in [-0.2, -0.15) is 0 Å². The molecule has 3 rings (SSSR count). The van der Waals surface area contributed by atoms with Crippen molar-refractivity contribution < 1.29 is 17.6 Å². The molecule has 0 unspecified atom stereocenters. The molecule has 0 saturated carbocycles. The van der Waals surface area contributed by atoms with Gasteiger partial charge in [-0.1, -0.05) is 18.2 Å². The van der Waals surface area contributed by atoms with E-state index in [0.717, 1.165) is 5.56 Å². The molecule has 116 valence electrons. The maximum absolute atomic E-state index is 12.3. The van der Waals surface area contributed by atoms with Gasteiger partial charge in [-0.05, 0) is 30.7 Å². The van der Waals surface area contributed by atoms with E-state index in [1.165, 1.54) is 6.26 Å². The van der Waals surface area contributed by atoms with Crippen LogP contribution in [0, 0.1) is 6.92 Å². The molecule has 6 heteroatoms. The molecule has 0 aliphatic carbocycles. The number of hydrogen-bond donors (Lipinski definition) is 0.